The molecule has 1 amide bonds. The van der Waals surface area contributed by atoms with Gasteiger partial charge in [0.05, 0.1) is 17.2 Å². The van der Waals surface area contributed by atoms with Gasteiger partial charge < -0.3 is 19.0 Å². The van der Waals surface area contributed by atoms with Gasteiger partial charge in [-0.05, 0) is 18.2 Å². The highest BCUT2D eigenvalue weighted by Crippen LogP contribution is 2.30. The number of para-hydroxylation sites is 1. The Kier molecular flexibility index (Phi) is 4.85. The standard InChI is InChI=1S/C19H17Cl2N3O3/c1-26-15-4-2-3-12-9-16(27-17(12)15)19(25)24-7-5-23(6-8-24)18-14(21)10-13(20)11-22-18/h2-4,9-11H,5-8H2,1H3. The number of aromatic nitrogens is 1. The van der Waals surface area contributed by atoms with Gasteiger partial charge in [-0.25, -0.2) is 4.98 Å². The number of piperazine rings is 1. The molecule has 0 radical (unpaired) electrons. The molecule has 3 heterocycles. The highest BCUT2D eigenvalue weighted by atomic mass is 35.5. The maximum atomic E-state index is 12.8. The number of halogens is 2. The number of methoxy groups -OCH3 is 1. The first-order valence-electron chi connectivity index (χ1n) is 8.48. The summed E-state index contributed by atoms with van der Waals surface area (Å²) >= 11 is 12.1. The first kappa shape index (κ1) is 17.9. The van der Waals surface area contributed by atoms with E-state index in [4.69, 9.17) is 32.4 Å². The van der Waals surface area contributed by atoms with Crippen molar-refractivity contribution in [2.24, 2.45) is 0 Å². The first-order chi connectivity index (χ1) is 13.1. The number of hydrogen-bond acceptors (Lipinski definition) is 5. The van der Waals surface area contributed by atoms with Crippen LogP contribution in [0.5, 0.6) is 5.75 Å². The van der Waals surface area contributed by atoms with Gasteiger partial charge in [0.15, 0.2) is 17.1 Å². The molecule has 0 N–H and O–H groups in total. The van der Waals surface area contributed by atoms with Crippen molar-refractivity contribution in [3.63, 3.8) is 0 Å². The van der Waals surface area contributed by atoms with E-state index in [1.54, 1.807) is 30.3 Å². The van der Waals surface area contributed by atoms with Gasteiger partial charge in [-0.1, -0.05) is 35.3 Å². The topological polar surface area (TPSA) is 58.8 Å². The van der Waals surface area contributed by atoms with Crippen molar-refractivity contribution in [1.82, 2.24) is 9.88 Å². The molecule has 0 spiro atoms. The second-order valence-corrected chi connectivity index (χ2v) is 7.07. The monoisotopic (exact) mass is 405 g/mol. The fourth-order valence-corrected chi connectivity index (χ4v) is 3.72. The van der Waals surface area contributed by atoms with Crippen molar-refractivity contribution in [3.05, 3.63) is 52.3 Å². The molecule has 1 aliphatic rings. The van der Waals surface area contributed by atoms with Crippen molar-refractivity contribution in [3.8, 4) is 5.75 Å². The maximum absolute atomic E-state index is 12.8. The van der Waals surface area contributed by atoms with Crippen LogP contribution in [0.1, 0.15) is 10.6 Å². The van der Waals surface area contributed by atoms with E-state index in [0.717, 1.165) is 5.39 Å². The summed E-state index contributed by atoms with van der Waals surface area (Å²) in [6.07, 6.45) is 1.57. The normalized spacial score (nSPS) is 14.6. The van der Waals surface area contributed by atoms with E-state index in [1.165, 1.54) is 0 Å². The van der Waals surface area contributed by atoms with E-state index in [9.17, 15) is 4.79 Å². The van der Waals surface area contributed by atoms with Crippen LogP contribution in [0.2, 0.25) is 10.0 Å². The highest BCUT2D eigenvalue weighted by molar-refractivity contribution is 6.36. The summed E-state index contributed by atoms with van der Waals surface area (Å²) in [5.41, 5.74) is 0.583. The van der Waals surface area contributed by atoms with Crippen molar-refractivity contribution in [1.29, 1.82) is 0 Å². The van der Waals surface area contributed by atoms with Crippen LogP contribution in [0, 0.1) is 0 Å². The molecule has 4 rings (SSSR count). The number of nitrogens with zero attached hydrogens (tertiary/aromatic N) is 3. The van der Waals surface area contributed by atoms with E-state index in [2.05, 4.69) is 4.98 Å². The minimum absolute atomic E-state index is 0.136. The van der Waals surface area contributed by atoms with Crippen LogP contribution in [0.25, 0.3) is 11.0 Å². The van der Waals surface area contributed by atoms with Crippen molar-refractivity contribution in [2.75, 3.05) is 38.2 Å². The van der Waals surface area contributed by atoms with Gasteiger partial charge in [-0.2, -0.15) is 0 Å². The van der Waals surface area contributed by atoms with Crippen LogP contribution in [0.3, 0.4) is 0 Å². The summed E-state index contributed by atoms with van der Waals surface area (Å²) < 4.78 is 11.1. The fraction of sp³-hybridized carbons (Fsp3) is 0.263. The van der Waals surface area contributed by atoms with Crippen LogP contribution in [-0.4, -0.2) is 49.1 Å². The molecule has 6 nitrogen and oxygen atoms in total. The number of carbonyl (C=O) groups is 1. The molecule has 3 aromatic rings. The van der Waals surface area contributed by atoms with Crippen LogP contribution < -0.4 is 9.64 Å². The smallest absolute Gasteiger partial charge is 0.289 e. The van der Waals surface area contributed by atoms with Crippen molar-refractivity contribution in [2.45, 2.75) is 0 Å². The number of anilines is 1. The number of furan rings is 1. The lowest BCUT2D eigenvalue weighted by Crippen LogP contribution is -2.49. The van der Waals surface area contributed by atoms with Gasteiger partial charge in [-0.15, -0.1) is 0 Å². The van der Waals surface area contributed by atoms with Crippen LogP contribution in [-0.2, 0) is 0 Å². The van der Waals surface area contributed by atoms with Crippen LogP contribution >= 0.6 is 23.2 Å². The molecule has 8 heteroatoms. The number of hydrogen-bond donors (Lipinski definition) is 0. The Hall–Kier alpha value is -2.44. The maximum Gasteiger partial charge on any atom is 0.289 e. The van der Waals surface area contributed by atoms with Gasteiger partial charge in [0.25, 0.3) is 5.91 Å². The molecule has 0 aliphatic carbocycles. The molecular weight excluding hydrogens is 389 g/mol. The summed E-state index contributed by atoms with van der Waals surface area (Å²) in [6, 6.07) is 8.99. The number of rotatable bonds is 3. The lowest BCUT2D eigenvalue weighted by Gasteiger charge is -2.35. The summed E-state index contributed by atoms with van der Waals surface area (Å²) in [6.45, 7) is 2.36. The molecule has 1 aliphatic heterocycles. The number of pyridine rings is 1. The zero-order valence-corrected chi connectivity index (χ0v) is 16.1. The largest absolute Gasteiger partial charge is 0.493 e. The summed E-state index contributed by atoms with van der Waals surface area (Å²) in [5.74, 6) is 1.47. The molecule has 0 unspecified atom stereocenters. The van der Waals surface area contributed by atoms with Crippen LogP contribution in [0.15, 0.2) is 40.9 Å². The second-order valence-electron chi connectivity index (χ2n) is 6.23. The summed E-state index contributed by atoms with van der Waals surface area (Å²) in [4.78, 5) is 21.0. The molecule has 1 saturated heterocycles. The van der Waals surface area contributed by atoms with Crippen molar-refractivity contribution < 1.29 is 13.9 Å². The number of fused-ring (bicyclic) bond motifs is 1. The van der Waals surface area contributed by atoms with Gasteiger partial charge in [0, 0.05) is 37.8 Å². The Bertz CT molecular complexity index is 997. The fourth-order valence-electron chi connectivity index (χ4n) is 3.22. The van der Waals surface area contributed by atoms with Gasteiger partial charge in [-0.3, -0.25) is 4.79 Å². The SMILES string of the molecule is COc1cccc2cc(C(=O)N3CCN(c4ncc(Cl)cc4Cl)CC3)oc12. The molecule has 27 heavy (non-hydrogen) atoms. The molecule has 0 saturated carbocycles. The van der Waals surface area contributed by atoms with Gasteiger partial charge in [0.2, 0.25) is 0 Å². The van der Waals surface area contributed by atoms with E-state index >= 15 is 0 Å². The van der Waals surface area contributed by atoms with E-state index in [0.29, 0.717) is 59.1 Å². The lowest BCUT2D eigenvalue weighted by atomic mass is 10.2. The molecule has 140 valence electrons. The predicted molar refractivity (Wildman–Crippen MR) is 105 cm³/mol. The summed E-state index contributed by atoms with van der Waals surface area (Å²) in [7, 11) is 1.58. The van der Waals surface area contributed by atoms with Gasteiger partial charge >= 0.3 is 0 Å². The van der Waals surface area contributed by atoms with Crippen LogP contribution in [0.4, 0.5) is 5.82 Å². The molecule has 0 bridgehead atoms. The Labute approximate surface area is 166 Å². The number of carbonyl (C=O) groups excluding carboxylic acids is 1. The average Bonchev–Trinajstić information content (AvgIpc) is 3.12. The molecular formula is C19H17Cl2N3O3. The Morgan fingerprint density at radius 3 is 2.67 bits per heavy atom. The van der Waals surface area contributed by atoms with E-state index in [1.807, 2.05) is 23.1 Å². The van der Waals surface area contributed by atoms with Gasteiger partial charge in [0.1, 0.15) is 5.82 Å². The molecule has 1 fully saturated rings. The Morgan fingerprint density at radius 2 is 1.96 bits per heavy atom. The highest BCUT2D eigenvalue weighted by Gasteiger charge is 2.26. The van der Waals surface area contributed by atoms with E-state index in [-0.39, 0.29) is 5.91 Å². The number of ether oxygens (including phenoxy) is 1. The quantitative estimate of drug-likeness (QED) is 0.656. The predicted octanol–water partition coefficient (Wildman–Crippen LogP) is 4.11. The third kappa shape index (κ3) is 3.42. The number of benzene rings is 1. The Balaban J connectivity index is 1.49. The molecule has 0 atom stereocenters. The second kappa shape index (κ2) is 7.29. The Morgan fingerprint density at radius 1 is 1.19 bits per heavy atom. The van der Waals surface area contributed by atoms with E-state index < -0.39 is 0 Å². The third-order valence-corrected chi connectivity index (χ3v) is 5.08. The van der Waals surface area contributed by atoms with Crippen molar-refractivity contribution >= 4 is 45.9 Å². The minimum atomic E-state index is -0.136. The zero-order chi connectivity index (χ0) is 19.0. The minimum Gasteiger partial charge on any atom is -0.493 e. The average molecular weight is 406 g/mol. The molecule has 2 aromatic heterocycles. The first-order valence-corrected chi connectivity index (χ1v) is 9.24. The molecule has 1 aromatic carbocycles. The lowest BCUT2D eigenvalue weighted by molar-refractivity contribution is 0.0716. The summed E-state index contributed by atoms with van der Waals surface area (Å²) in [5, 5.41) is 1.85. The zero-order valence-electron chi connectivity index (χ0n) is 14.6. The third-order valence-electron chi connectivity index (χ3n) is 4.59. The number of amides is 1.